The number of aromatic nitrogens is 4. The highest BCUT2D eigenvalue weighted by molar-refractivity contribution is 6.31. The molecule has 2 atom stereocenters. The molecular weight excluding hydrogens is 410 g/mol. The number of fused-ring (bicyclic) bond motifs is 3. The fourth-order valence-corrected chi connectivity index (χ4v) is 4.62. The lowest BCUT2D eigenvalue weighted by atomic mass is 9.85. The Morgan fingerprint density at radius 1 is 1.10 bits per heavy atom. The summed E-state index contributed by atoms with van der Waals surface area (Å²) in [6, 6.07) is 17.7. The molecule has 31 heavy (non-hydrogen) atoms. The fraction of sp³-hybridized carbons (Fsp3) is 0.125. The topological polar surface area (TPSA) is 64.9 Å². The molecule has 0 aliphatic carbocycles. The molecule has 4 aromatic rings. The highest BCUT2D eigenvalue weighted by atomic mass is 35.5. The predicted molar refractivity (Wildman–Crippen MR) is 119 cm³/mol. The van der Waals surface area contributed by atoms with Crippen molar-refractivity contribution >= 4 is 23.2 Å². The molecule has 4 heterocycles. The Hall–Kier alpha value is -3.64. The molecule has 0 amide bonds. The van der Waals surface area contributed by atoms with Crippen molar-refractivity contribution in [3.05, 3.63) is 106 Å². The Morgan fingerprint density at radius 3 is 2.84 bits per heavy atom. The van der Waals surface area contributed by atoms with E-state index in [-0.39, 0.29) is 6.04 Å². The number of rotatable bonds is 2. The summed E-state index contributed by atoms with van der Waals surface area (Å²) in [5.41, 5.74) is 6.06. The minimum atomic E-state index is -0.394. The molecule has 0 fully saturated rings. The van der Waals surface area contributed by atoms with Gasteiger partial charge < -0.3 is 10.1 Å². The molecular formula is C24H18ClN5O. The lowest BCUT2D eigenvalue weighted by Crippen LogP contribution is -2.32. The van der Waals surface area contributed by atoms with Crippen LogP contribution in [0.1, 0.15) is 34.4 Å². The van der Waals surface area contributed by atoms with Crippen LogP contribution in [0.25, 0.3) is 5.70 Å². The third-order valence-electron chi connectivity index (χ3n) is 5.76. The monoisotopic (exact) mass is 427 g/mol. The zero-order valence-corrected chi connectivity index (χ0v) is 17.4. The van der Waals surface area contributed by atoms with Crippen LogP contribution in [-0.4, -0.2) is 19.7 Å². The van der Waals surface area contributed by atoms with Crippen molar-refractivity contribution in [2.45, 2.75) is 19.1 Å². The molecule has 6 nitrogen and oxygen atoms in total. The van der Waals surface area contributed by atoms with E-state index in [2.05, 4.69) is 45.5 Å². The molecule has 0 unspecified atom stereocenters. The van der Waals surface area contributed by atoms with Crippen molar-refractivity contribution in [3.8, 4) is 5.75 Å². The van der Waals surface area contributed by atoms with Gasteiger partial charge in [0, 0.05) is 34.1 Å². The van der Waals surface area contributed by atoms with E-state index in [1.807, 2.05) is 47.3 Å². The van der Waals surface area contributed by atoms with E-state index in [4.69, 9.17) is 16.3 Å². The zero-order chi connectivity index (χ0) is 20.9. The molecule has 0 spiro atoms. The first kappa shape index (κ1) is 18.2. The lowest BCUT2D eigenvalue weighted by molar-refractivity contribution is 0.223. The van der Waals surface area contributed by atoms with E-state index in [0.29, 0.717) is 11.0 Å². The predicted octanol–water partition coefficient (Wildman–Crippen LogP) is 5.19. The second-order valence-corrected chi connectivity index (χ2v) is 8.10. The molecule has 7 heteroatoms. The molecule has 0 saturated heterocycles. The van der Waals surface area contributed by atoms with Crippen molar-refractivity contribution in [1.82, 2.24) is 19.7 Å². The highest BCUT2D eigenvalue weighted by Gasteiger charge is 2.41. The molecule has 2 aromatic heterocycles. The quantitative estimate of drug-likeness (QED) is 0.476. The summed E-state index contributed by atoms with van der Waals surface area (Å²) >= 11 is 6.64. The van der Waals surface area contributed by atoms with Crippen molar-refractivity contribution < 1.29 is 4.74 Å². The lowest BCUT2D eigenvalue weighted by Gasteiger charge is -2.39. The van der Waals surface area contributed by atoms with Crippen LogP contribution in [0.3, 0.4) is 0 Å². The Morgan fingerprint density at radius 2 is 2.00 bits per heavy atom. The smallest absolute Gasteiger partial charge is 0.226 e. The number of nitrogens with zero attached hydrogens (tertiary/aromatic N) is 4. The van der Waals surface area contributed by atoms with Crippen LogP contribution in [0.2, 0.25) is 5.02 Å². The molecule has 0 radical (unpaired) electrons. The number of hydrogen-bond acceptors (Lipinski definition) is 5. The van der Waals surface area contributed by atoms with E-state index < -0.39 is 6.10 Å². The molecule has 0 saturated carbocycles. The van der Waals surface area contributed by atoms with Crippen LogP contribution >= 0.6 is 11.6 Å². The van der Waals surface area contributed by atoms with Gasteiger partial charge in [0.05, 0.1) is 5.70 Å². The molecule has 1 N–H and O–H groups in total. The van der Waals surface area contributed by atoms with Gasteiger partial charge >= 0.3 is 0 Å². The molecule has 2 aromatic carbocycles. The molecule has 2 aliphatic rings. The maximum atomic E-state index is 6.64. The first-order valence-electron chi connectivity index (χ1n) is 10.0. The van der Waals surface area contributed by atoms with E-state index >= 15 is 0 Å². The SMILES string of the molecule is Cc1ccc2c(c1)C1=C([C@@H](c3ccccc3Cl)O2)[C@@H](c2cccnc2)n2ncnc2N1. The minimum Gasteiger partial charge on any atom is -0.480 e. The number of anilines is 1. The van der Waals surface area contributed by atoms with Crippen molar-refractivity contribution in [2.75, 3.05) is 5.32 Å². The average molecular weight is 428 g/mol. The number of ether oxygens (including phenoxy) is 1. The van der Waals surface area contributed by atoms with Gasteiger partial charge in [-0.05, 0) is 36.8 Å². The van der Waals surface area contributed by atoms with Crippen LogP contribution in [-0.2, 0) is 0 Å². The zero-order valence-electron chi connectivity index (χ0n) is 16.7. The summed E-state index contributed by atoms with van der Waals surface area (Å²) in [6.07, 6.45) is 4.80. The Kier molecular flexibility index (Phi) is 4.07. The summed E-state index contributed by atoms with van der Waals surface area (Å²) in [7, 11) is 0. The molecule has 152 valence electrons. The van der Waals surface area contributed by atoms with Crippen molar-refractivity contribution in [2.24, 2.45) is 0 Å². The van der Waals surface area contributed by atoms with Gasteiger partial charge in [-0.25, -0.2) is 4.68 Å². The second-order valence-electron chi connectivity index (χ2n) is 7.69. The fourth-order valence-electron chi connectivity index (χ4n) is 4.39. The number of aryl methyl sites for hydroxylation is 1. The van der Waals surface area contributed by atoms with Gasteiger partial charge in [-0.3, -0.25) is 4.98 Å². The van der Waals surface area contributed by atoms with Gasteiger partial charge in [-0.2, -0.15) is 10.1 Å². The van der Waals surface area contributed by atoms with Gasteiger partial charge in [0.15, 0.2) is 6.10 Å². The highest BCUT2D eigenvalue weighted by Crippen LogP contribution is 2.51. The first-order valence-corrected chi connectivity index (χ1v) is 10.4. The maximum absolute atomic E-state index is 6.64. The summed E-state index contributed by atoms with van der Waals surface area (Å²) in [4.78, 5) is 8.81. The number of halogens is 1. The largest absolute Gasteiger partial charge is 0.480 e. The normalized spacial score (nSPS) is 19.0. The van der Waals surface area contributed by atoms with Crippen LogP contribution in [0.5, 0.6) is 5.75 Å². The van der Waals surface area contributed by atoms with Crippen LogP contribution in [0, 0.1) is 6.92 Å². The number of benzene rings is 2. The van der Waals surface area contributed by atoms with Gasteiger partial charge in [-0.1, -0.05) is 47.5 Å². The summed E-state index contributed by atoms with van der Waals surface area (Å²) < 4.78 is 8.48. The minimum absolute atomic E-state index is 0.239. The van der Waals surface area contributed by atoms with Crippen molar-refractivity contribution in [1.29, 1.82) is 0 Å². The number of hydrogen-bond donors (Lipinski definition) is 1. The average Bonchev–Trinajstić information content (AvgIpc) is 3.27. The summed E-state index contributed by atoms with van der Waals surface area (Å²) in [6.45, 7) is 2.07. The summed E-state index contributed by atoms with van der Waals surface area (Å²) in [5, 5.41) is 8.69. The van der Waals surface area contributed by atoms with E-state index in [1.54, 1.807) is 12.5 Å². The third-order valence-corrected chi connectivity index (χ3v) is 6.10. The van der Waals surface area contributed by atoms with E-state index in [1.165, 1.54) is 0 Å². The Labute approximate surface area is 184 Å². The van der Waals surface area contributed by atoms with Gasteiger partial charge in [0.25, 0.3) is 0 Å². The van der Waals surface area contributed by atoms with Gasteiger partial charge in [0.2, 0.25) is 5.95 Å². The Balaban J connectivity index is 1.66. The second kappa shape index (κ2) is 6.96. The molecule has 2 aliphatic heterocycles. The number of pyridine rings is 1. The standard InChI is InChI=1S/C24H18ClN5O/c1-14-8-9-19-17(11-14)21-20(23(31-19)16-6-2-3-7-18(16)25)22(15-5-4-10-26-12-15)30-24(29-21)27-13-28-30/h2-13,22-23H,1H3,(H,27,28,29)/t22-,23-/m1/s1. The third kappa shape index (κ3) is 2.83. The van der Waals surface area contributed by atoms with Gasteiger partial charge in [-0.15, -0.1) is 0 Å². The van der Waals surface area contributed by atoms with Crippen LogP contribution in [0.15, 0.2) is 78.9 Å². The van der Waals surface area contributed by atoms with Crippen LogP contribution in [0.4, 0.5) is 5.95 Å². The van der Waals surface area contributed by atoms with Gasteiger partial charge in [0.1, 0.15) is 18.1 Å². The van der Waals surface area contributed by atoms with Crippen molar-refractivity contribution in [3.63, 3.8) is 0 Å². The summed E-state index contributed by atoms with van der Waals surface area (Å²) in [5.74, 6) is 1.49. The van der Waals surface area contributed by atoms with E-state index in [9.17, 15) is 0 Å². The maximum Gasteiger partial charge on any atom is 0.226 e. The first-order chi connectivity index (χ1) is 15.2. The Bertz CT molecular complexity index is 1330. The molecule has 6 rings (SSSR count). The van der Waals surface area contributed by atoms with E-state index in [0.717, 1.165) is 39.3 Å². The number of nitrogens with one attached hydrogen (secondary N) is 1. The molecule has 0 bridgehead atoms. The van der Waals surface area contributed by atoms with Crippen LogP contribution < -0.4 is 10.1 Å².